The molecule has 1 aromatic heterocycles. The van der Waals surface area contributed by atoms with Crippen molar-refractivity contribution >= 4 is 34.8 Å². The van der Waals surface area contributed by atoms with E-state index in [-0.39, 0.29) is 17.3 Å². The Bertz CT molecular complexity index is 978. The van der Waals surface area contributed by atoms with Crippen LogP contribution in [-0.4, -0.2) is 15.9 Å². The third kappa shape index (κ3) is 3.97. The van der Waals surface area contributed by atoms with Crippen LogP contribution in [0.3, 0.4) is 0 Å². The summed E-state index contributed by atoms with van der Waals surface area (Å²) in [6.07, 6.45) is 0. The Morgan fingerprint density at radius 3 is 2.54 bits per heavy atom. The zero-order valence-electron chi connectivity index (χ0n) is 14.2. The van der Waals surface area contributed by atoms with Crippen LogP contribution in [0.2, 0.25) is 5.02 Å². The Morgan fingerprint density at radius 2 is 1.77 bits per heavy atom. The van der Waals surface area contributed by atoms with Crippen LogP contribution >= 0.6 is 11.6 Å². The number of benzene rings is 2. The standard InChI is InChI=1S/C19H16ClFN4O/c1-11-10-17(18(26)23-16-8-4-3-7-14(16)21)25-19(22-11)24-15-9-5-6-13(20)12(15)2/h3-10H,1-2H3,(H,23,26)(H,22,24,25). The Morgan fingerprint density at radius 1 is 1.04 bits per heavy atom. The topological polar surface area (TPSA) is 66.9 Å². The van der Waals surface area contributed by atoms with Crippen LogP contribution in [0.1, 0.15) is 21.7 Å². The second-order valence-electron chi connectivity index (χ2n) is 5.69. The van der Waals surface area contributed by atoms with Gasteiger partial charge in [-0.1, -0.05) is 29.8 Å². The maximum atomic E-state index is 13.7. The summed E-state index contributed by atoms with van der Waals surface area (Å²) in [7, 11) is 0. The number of aromatic nitrogens is 2. The number of halogens is 2. The normalized spacial score (nSPS) is 10.5. The SMILES string of the molecule is Cc1cc(C(=O)Nc2ccccc2F)nc(Nc2cccc(Cl)c2C)n1. The van der Waals surface area contributed by atoms with Gasteiger partial charge in [0.15, 0.2) is 0 Å². The molecule has 0 atom stereocenters. The predicted molar refractivity (Wildman–Crippen MR) is 101 cm³/mol. The molecule has 0 saturated carbocycles. The third-order valence-electron chi connectivity index (χ3n) is 3.72. The van der Waals surface area contributed by atoms with E-state index in [9.17, 15) is 9.18 Å². The Hall–Kier alpha value is -2.99. The highest BCUT2D eigenvalue weighted by molar-refractivity contribution is 6.31. The fourth-order valence-electron chi connectivity index (χ4n) is 2.35. The van der Waals surface area contributed by atoms with Crippen LogP contribution in [0.25, 0.3) is 0 Å². The van der Waals surface area contributed by atoms with Crippen molar-refractivity contribution in [3.8, 4) is 0 Å². The van der Waals surface area contributed by atoms with Crippen molar-refractivity contribution in [2.24, 2.45) is 0 Å². The average Bonchev–Trinajstić information content (AvgIpc) is 2.60. The molecule has 2 aromatic carbocycles. The summed E-state index contributed by atoms with van der Waals surface area (Å²) in [4.78, 5) is 20.9. The third-order valence-corrected chi connectivity index (χ3v) is 4.13. The summed E-state index contributed by atoms with van der Waals surface area (Å²) in [5.74, 6) is -0.778. The molecule has 26 heavy (non-hydrogen) atoms. The minimum atomic E-state index is -0.522. The van der Waals surface area contributed by atoms with E-state index in [1.54, 1.807) is 31.2 Å². The van der Waals surface area contributed by atoms with E-state index in [1.165, 1.54) is 18.2 Å². The number of rotatable bonds is 4. The summed E-state index contributed by atoms with van der Waals surface area (Å²) in [6.45, 7) is 3.61. The van der Waals surface area contributed by atoms with Gasteiger partial charge < -0.3 is 10.6 Å². The molecule has 0 unspecified atom stereocenters. The number of nitrogens with one attached hydrogen (secondary N) is 2. The van der Waals surface area contributed by atoms with Crippen molar-refractivity contribution in [2.75, 3.05) is 10.6 Å². The lowest BCUT2D eigenvalue weighted by atomic mass is 10.2. The number of hydrogen-bond acceptors (Lipinski definition) is 4. The van der Waals surface area contributed by atoms with Crippen molar-refractivity contribution in [2.45, 2.75) is 13.8 Å². The molecule has 0 saturated heterocycles. The van der Waals surface area contributed by atoms with Crippen molar-refractivity contribution in [1.82, 2.24) is 9.97 Å². The fraction of sp³-hybridized carbons (Fsp3) is 0.105. The molecule has 0 radical (unpaired) electrons. The van der Waals surface area contributed by atoms with Crippen LogP contribution < -0.4 is 10.6 Å². The van der Waals surface area contributed by atoms with Gasteiger partial charge in [0.05, 0.1) is 5.69 Å². The zero-order valence-corrected chi connectivity index (χ0v) is 14.9. The minimum Gasteiger partial charge on any atom is -0.324 e. The number of nitrogens with zero attached hydrogens (tertiary/aromatic N) is 2. The molecule has 0 spiro atoms. The van der Waals surface area contributed by atoms with Crippen LogP contribution in [0.4, 0.5) is 21.7 Å². The number of para-hydroxylation sites is 1. The van der Waals surface area contributed by atoms with Gasteiger partial charge in [-0.05, 0) is 49.7 Å². The van der Waals surface area contributed by atoms with Crippen LogP contribution in [-0.2, 0) is 0 Å². The number of aryl methyl sites for hydroxylation is 1. The van der Waals surface area contributed by atoms with E-state index in [0.29, 0.717) is 10.7 Å². The second-order valence-corrected chi connectivity index (χ2v) is 6.10. The molecule has 5 nitrogen and oxygen atoms in total. The lowest BCUT2D eigenvalue weighted by Crippen LogP contribution is -2.16. The maximum absolute atomic E-state index is 13.7. The molecule has 0 bridgehead atoms. The first kappa shape index (κ1) is 17.8. The highest BCUT2D eigenvalue weighted by Gasteiger charge is 2.13. The summed E-state index contributed by atoms with van der Waals surface area (Å²) < 4.78 is 13.7. The molecule has 0 fully saturated rings. The first-order chi connectivity index (χ1) is 12.4. The van der Waals surface area contributed by atoms with E-state index in [0.717, 1.165) is 11.3 Å². The largest absolute Gasteiger partial charge is 0.324 e. The number of carbonyl (C=O) groups is 1. The molecule has 2 N–H and O–H groups in total. The summed E-state index contributed by atoms with van der Waals surface area (Å²) in [6, 6.07) is 12.9. The van der Waals surface area contributed by atoms with Gasteiger partial charge in [-0.25, -0.2) is 14.4 Å². The highest BCUT2D eigenvalue weighted by Crippen LogP contribution is 2.25. The first-order valence-corrected chi connectivity index (χ1v) is 8.25. The van der Waals surface area contributed by atoms with E-state index in [4.69, 9.17) is 11.6 Å². The fourth-order valence-corrected chi connectivity index (χ4v) is 2.53. The van der Waals surface area contributed by atoms with Gasteiger partial charge in [-0.2, -0.15) is 0 Å². The molecule has 0 aliphatic rings. The van der Waals surface area contributed by atoms with Crippen molar-refractivity contribution in [1.29, 1.82) is 0 Å². The maximum Gasteiger partial charge on any atom is 0.274 e. The van der Waals surface area contributed by atoms with Crippen molar-refractivity contribution < 1.29 is 9.18 Å². The quantitative estimate of drug-likeness (QED) is 0.686. The molecule has 3 rings (SSSR count). The molecule has 0 aliphatic carbocycles. The molecule has 7 heteroatoms. The zero-order chi connectivity index (χ0) is 18.7. The Labute approximate surface area is 155 Å². The predicted octanol–water partition coefficient (Wildman–Crippen LogP) is 4.88. The lowest BCUT2D eigenvalue weighted by Gasteiger charge is -2.11. The number of anilines is 3. The molecule has 1 heterocycles. The van der Waals surface area contributed by atoms with Crippen molar-refractivity contribution in [3.05, 3.63) is 76.3 Å². The van der Waals surface area contributed by atoms with Gasteiger partial charge in [0.1, 0.15) is 11.5 Å². The molecule has 0 aliphatic heterocycles. The van der Waals surface area contributed by atoms with E-state index in [1.807, 2.05) is 13.0 Å². The van der Waals surface area contributed by atoms with Crippen LogP contribution in [0.5, 0.6) is 0 Å². The molecule has 3 aromatic rings. The monoisotopic (exact) mass is 370 g/mol. The number of hydrogen-bond donors (Lipinski definition) is 2. The van der Waals surface area contributed by atoms with Crippen molar-refractivity contribution in [3.63, 3.8) is 0 Å². The molecular formula is C19H16ClFN4O. The summed E-state index contributed by atoms with van der Waals surface area (Å²) >= 11 is 6.12. The van der Waals surface area contributed by atoms with Gasteiger partial charge in [-0.3, -0.25) is 4.79 Å². The summed E-state index contributed by atoms with van der Waals surface area (Å²) in [5.41, 5.74) is 2.40. The molecule has 132 valence electrons. The first-order valence-electron chi connectivity index (χ1n) is 7.88. The van der Waals surface area contributed by atoms with Gasteiger partial charge in [0, 0.05) is 16.4 Å². The lowest BCUT2D eigenvalue weighted by molar-refractivity contribution is 0.102. The van der Waals surface area contributed by atoms with E-state index >= 15 is 0 Å². The molecule has 1 amide bonds. The smallest absolute Gasteiger partial charge is 0.274 e. The van der Waals surface area contributed by atoms with Crippen LogP contribution in [0, 0.1) is 19.7 Å². The summed E-state index contributed by atoms with van der Waals surface area (Å²) in [5, 5.41) is 6.19. The van der Waals surface area contributed by atoms with Crippen LogP contribution in [0.15, 0.2) is 48.5 Å². The minimum absolute atomic E-state index is 0.0916. The van der Waals surface area contributed by atoms with Gasteiger partial charge in [0.25, 0.3) is 5.91 Å². The second kappa shape index (κ2) is 7.49. The number of carbonyl (C=O) groups excluding carboxylic acids is 1. The van der Waals surface area contributed by atoms with Gasteiger partial charge in [-0.15, -0.1) is 0 Å². The van der Waals surface area contributed by atoms with E-state index < -0.39 is 11.7 Å². The Balaban J connectivity index is 1.86. The highest BCUT2D eigenvalue weighted by atomic mass is 35.5. The van der Waals surface area contributed by atoms with Gasteiger partial charge >= 0.3 is 0 Å². The number of amides is 1. The van der Waals surface area contributed by atoms with Gasteiger partial charge in [0.2, 0.25) is 5.95 Å². The average molecular weight is 371 g/mol. The molecular weight excluding hydrogens is 355 g/mol. The Kier molecular flexibility index (Phi) is 5.14. The van der Waals surface area contributed by atoms with E-state index in [2.05, 4.69) is 20.6 Å².